The Labute approximate surface area is 147 Å². The highest BCUT2D eigenvalue weighted by molar-refractivity contribution is 6.30. The Balaban J connectivity index is 2.20. The second-order valence-electron chi connectivity index (χ2n) is 6.84. The van der Waals surface area contributed by atoms with Gasteiger partial charge in [-0.15, -0.1) is 0 Å². The van der Waals surface area contributed by atoms with Crippen LogP contribution in [0.5, 0.6) is 5.75 Å². The molecule has 3 atom stereocenters. The van der Waals surface area contributed by atoms with Crippen LogP contribution >= 0.6 is 11.6 Å². The van der Waals surface area contributed by atoms with Crippen molar-refractivity contribution < 1.29 is 24.1 Å². The summed E-state index contributed by atoms with van der Waals surface area (Å²) in [7, 11) is 0. The molecular weight excluding hydrogens is 334 g/mol. The van der Waals surface area contributed by atoms with E-state index in [-0.39, 0.29) is 13.2 Å². The molecule has 2 rings (SSSR count). The van der Waals surface area contributed by atoms with Gasteiger partial charge in [0.15, 0.2) is 0 Å². The summed E-state index contributed by atoms with van der Waals surface area (Å²) in [5.74, 6) is 0.598. The number of alkyl carbamates (subject to hydrolysis) is 1. The number of ether oxygens (including phenoxy) is 3. The number of hydrogen-bond acceptors (Lipinski definition) is 5. The highest BCUT2D eigenvalue weighted by Gasteiger charge is 2.34. The van der Waals surface area contributed by atoms with E-state index in [2.05, 4.69) is 5.32 Å². The van der Waals surface area contributed by atoms with Gasteiger partial charge >= 0.3 is 6.09 Å². The summed E-state index contributed by atoms with van der Waals surface area (Å²) in [6.07, 6.45) is -1.60. The Bertz CT molecular complexity index is 585. The Hall–Kier alpha value is -1.50. The molecule has 1 aliphatic heterocycles. The molecule has 0 bridgehead atoms. The smallest absolute Gasteiger partial charge is 0.408 e. The van der Waals surface area contributed by atoms with Crippen molar-refractivity contribution in [2.75, 3.05) is 13.2 Å². The first kappa shape index (κ1) is 18.8. The summed E-state index contributed by atoms with van der Waals surface area (Å²) in [5.41, 5.74) is 0.153. The van der Waals surface area contributed by atoms with Crippen LogP contribution < -0.4 is 10.1 Å². The molecule has 0 fully saturated rings. The second-order valence-corrected chi connectivity index (χ2v) is 7.27. The van der Waals surface area contributed by atoms with E-state index in [4.69, 9.17) is 25.8 Å². The van der Waals surface area contributed by atoms with Crippen molar-refractivity contribution in [2.45, 2.75) is 51.5 Å². The summed E-state index contributed by atoms with van der Waals surface area (Å²) >= 11 is 6.00. The van der Waals surface area contributed by atoms with Crippen molar-refractivity contribution in [3.05, 3.63) is 28.8 Å². The number of carbonyl (C=O) groups excluding carboxylic acids is 1. The molecule has 24 heavy (non-hydrogen) atoms. The van der Waals surface area contributed by atoms with Gasteiger partial charge < -0.3 is 24.6 Å². The van der Waals surface area contributed by atoms with Crippen molar-refractivity contribution >= 4 is 17.7 Å². The Morgan fingerprint density at radius 2 is 2.21 bits per heavy atom. The van der Waals surface area contributed by atoms with Crippen molar-refractivity contribution in [3.8, 4) is 5.75 Å². The van der Waals surface area contributed by atoms with Crippen LogP contribution in [0.4, 0.5) is 4.79 Å². The predicted molar refractivity (Wildman–Crippen MR) is 90.5 cm³/mol. The van der Waals surface area contributed by atoms with E-state index in [1.54, 1.807) is 45.9 Å². The van der Waals surface area contributed by atoms with Crippen LogP contribution in [0, 0.1) is 0 Å². The van der Waals surface area contributed by atoms with Crippen molar-refractivity contribution in [1.29, 1.82) is 0 Å². The van der Waals surface area contributed by atoms with E-state index in [1.165, 1.54) is 0 Å². The van der Waals surface area contributed by atoms with E-state index in [0.29, 0.717) is 10.8 Å². The Morgan fingerprint density at radius 1 is 1.50 bits per heavy atom. The Kier molecular flexibility index (Phi) is 5.96. The van der Waals surface area contributed by atoms with Gasteiger partial charge in [0.05, 0.1) is 18.8 Å². The minimum atomic E-state index is -0.612. The third-order valence-electron chi connectivity index (χ3n) is 3.31. The monoisotopic (exact) mass is 357 g/mol. The van der Waals surface area contributed by atoms with Gasteiger partial charge in [-0.2, -0.15) is 0 Å². The van der Waals surface area contributed by atoms with Crippen LogP contribution in [0.1, 0.15) is 39.3 Å². The number of rotatable bonds is 4. The van der Waals surface area contributed by atoms with Crippen LogP contribution in [-0.4, -0.2) is 42.2 Å². The van der Waals surface area contributed by atoms with Gasteiger partial charge in [0.25, 0.3) is 0 Å². The normalized spacial score (nSPS) is 21.4. The van der Waals surface area contributed by atoms with Gasteiger partial charge in [-0.3, -0.25) is 0 Å². The molecule has 0 spiro atoms. The molecule has 0 radical (unpaired) electrons. The number of aliphatic hydroxyl groups excluding tert-OH is 1. The third kappa shape index (κ3) is 5.26. The van der Waals surface area contributed by atoms with Crippen molar-refractivity contribution in [2.24, 2.45) is 0 Å². The third-order valence-corrected chi connectivity index (χ3v) is 3.54. The quantitative estimate of drug-likeness (QED) is 0.866. The second kappa shape index (κ2) is 7.59. The largest absolute Gasteiger partial charge is 0.490 e. The molecule has 1 amide bonds. The highest BCUT2D eigenvalue weighted by atomic mass is 35.5. The molecular formula is C17H24ClNO5. The molecule has 6 nitrogen and oxygen atoms in total. The van der Waals surface area contributed by atoms with Gasteiger partial charge in [-0.1, -0.05) is 17.7 Å². The van der Waals surface area contributed by atoms with E-state index in [1.807, 2.05) is 0 Å². The average molecular weight is 358 g/mol. The Morgan fingerprint density at radius 3 is 2.83 bits per heavy atom. The lowest BCUT2D eigenvalue weighted by Crippen LogP contribution is -2.45. The van der Waals surface area contributed by atoms with Crippen molar-refractivity contribution in [3.63, 3.8) is 0 Å². The number of amides is 1. The lowest BCUT2D eigenvalue weighted by molar-refractivity contribution is -0.0485. The van der Waals surface area contributed by atoms with Crippen LogP contribution in [0.25, 0.3) is 0 Å². The summed E-state index contributed by atoms with van der Waals surface area (Å²) in [6.45, 7) is 7.40. The number of aliphatic hydroxyl groups is 1. The number of hydrogen-bond donors (Lipinski definition) is 2. The highest BCUT2D eigenvalue weighted by Crippen LogP contribution is 2.35. The molecule has 2 N–H and O–H groups in total. The molecule has 0 aliphatic carbocycles. The molecule has 0 aromatic heterocycles. The number of carbonyl (C=O) groups is 1. The number of halogens is 1. The molecule has 0 saturated heterocycles. The molecule has 1 aromatic rings. The maximum absolute atomic E-state index is 12.2. The maximum Gasteiger partial charge on any atom is 0.408 e. The van der Waals surface area contributed by atoms with Crippen LogP contribution in [0.3, 0.4) is 0 Å². The summed E-state index contributed by atoms with van der Waals surface area (Å²) < 4.78 is 16.7. The maximum atomic E-state index is 12.2. The van der Waals surface area contributed by atoms with E-state index >= 15 is 0 Å². The molecule has 1 heterocycles. The summed E-state index contributed by atoms with van der Waals surface area (Å²) in [6, 6.07) is 4.76. The van der Waals surface area contributed by atoms with Gasteiger partial charge in [0, 0.05) is 10.6 Å². The van der Waals surface area contributed by atoms with E-state index < -0.39 is 29.9 Å². The molecule has 7 heteroatoms. The minimum Gasteiger partial charge on any atom is -0.490 e. The fraction of sp³-hybridized carbons (Fsp3) is 0.588. The zero-order chi connectivity index (χ0) is 17.9. The first-order valence-corrected chi connectivity index (χ1v) is 8.25. The first-order valence-electron chi connectivity index (χ1n) is 7.87. The van der Waals surface area contributed by atoms with Crippen molar-refractivity contribution in [1.82, 2.24) is 5.32 Å². The number of fused-ring (bicyclic) bond motifs is 1. The van der Waals surface area contributed by atoms with Crippen LogP contribution in [-0.2, 0) is 9.47 Å². The average Bonchev–Trinajstić information content (AvgIpc) is 2.43. The molecule has 0 unspecified atom stereocenters. The predicted octanol–water partition coefficient (Wildman–Crippen LogP) is 3.06. The zero-order valence-corrected chi connectivity index (χ0v) is 15.1. The number of nitrogens with one attached hydrogen (secondary N) is 1. The molecule has 134 valence electrons. The standard InChI is InChI=1S/C17H24ClNO5/c1-10(20)8-22-14-9-23-13-7-11(18)5-6-12(13)15(14)19-16(21)24-17(2,3)4/h5-7,10,14-15,20H,8-9H2,1-4H3,(H,19,21)/t10-,14-,15+/m0/s1. The van der Waals surface area contributed by atoms with Gasteiger partial charge in [0.2, 0.25) is 0 Å². The minimum absolute atomic E-state index is 0.142. The zero-order valence-electron chi connectivity index (χ0n) is 14.3. The first-order chi connectivity index (χ1) is 11.2. The lowest BCUT2D eigenvalue weighted by atomic mass is 9.98. The SMILES string of the molecule is C[C@H](O)CO[C@H]1COc2cc(Cl)ccc2[C@H]1NC(=O)OC(C)(C)C. The van der Waals surface area contributed by atoms with E-state index in [9.17, 15) is 9.90 Å². The van der Waals surface area contributed by atoms with Gasteiger partial charge in [0.1, 0.15) is 24.1 Å². The van der Waals surface area contributed by atoms with Crippen LogP contribution in [0.2, 0.25) is 5.02 Å². The number of benzene rings is 1. The van der Waals surface area contributed by atoms with Gasteiger partial charge in [-0.05, 0) is 39.8 Å². The van der Waals surface area contributed by atoms with Crippen LogP contribution in [0.15, 0.2) is 18.2 Å². The summed E-state index contributed by atoms with van der Waals surface area (Å²) in [5, 5.41) is 12.8. The summed E-state index contributed by atoms with van der Waals surface area (Å²) in [4.78, 5) is 12.2. The fourth-order valence-electron chi connectivity index (χ4n) is 2.37. The van der Waals surface area contributed by atoms with E-state index in [0.717, 1.165) is 5.56 Å². The molecule has 1 aromatic carbocycles. The lowest BCUT2D eigenvalue weighted by Gasteiger charge is -2.34. The molecule has 1 aliphatic rings. The topological polar surface area (TPSA) is 77.0 Å². The fourth-order valence-corrected chi connectivity index (χ4v) is 2.53. The molecule has 0 saturated carbocycles. The van der Waals surface area contributed by atoms with Gasteiger partial charge in [-0.25, -0.2) is 4.79 Å².